The van der Waals surface area contributed by atoms with E-state index in [1.807, 2.05) is 38.1 Å². The topological polar surface area (TPSA) is 67.9 Å². The van der Waals surface area contributed by atoms with Crippen molar-refractivity contribution in [3.8, 4) is 23.1 Å². The van der Waals surface area contributed by atoms with Crippen LogP contribution < -0.4 is 10.3 Å². The zero-order valence-corrected chi connectivity index (χ0v) is 11.7. The molecule has 0 N–H and O–H groups in total. The Balaban J connectivity index is 2.61. The molecule has 0 atom stereocenters. The zero-order chi connectivity index (χ0) is 14.7. The van der Waals surface area contributed by atoms with Gasteiger partial charge in [-0.05, 0) is 43.7 Å². The lowest BCUT2D eigenvalue weighted by Crippen LogP contribution is -2.24. The van der Waals surface area contributed by atoms with Gasteiger partial charge < -0.3 is 4.74 Å². The molecule has 1 heterocycles. The Morgan fingerprint density at radius 2 is 2.15 bits per heavy atom. The van der Waals surface area contributed by atoms with Crippen molar-refractivity contribution >= 4 is 0 Å². The highest BCUT2D eigenvalue weighted by Gasteiger charge is 2.10. The van der Waals surface area contributed by atoms with Crippen molar-refractivity contribution < 1.29 is 4.74 Å². The number of aromatic nitrogens is 2. The third kappa shape index (κ3) is 2.41. The normalized spacial score (nSPS) is 10.1. The Labute approximate surface area is 117 Å². The summed E-state index contributed by atoms with van der Waals surface area (Å²) in [6, 6.07) is 9.07. The molecule has 0 aliphatic carbocycles. The molecule has 0 saturated carbocycles. The van der Waals surface area contributed by atoms with Gasteiger partial charge in [-0.15, -0.1) is 0 Å². The molecule has 0 unspecified atom stereocenters. The van der Waals surface area contributed by atoms with E-state index in [9.17, 15) is 4.79 Å². The Hall–Kier alpha value is -2.61. The fourth-order valence-electron chi connectivity index (χ4n) is 2.02. The maximum absolute atomic E-state index is 11.8. The first kappa shape index (κ1) is 13.8. The van der Waals surface area contributed by atoms with E-state index in [1.54, 1.807) is 7.11 Å². The van der Waals surface area contributed by atoms with Crippen LogP contribution in [0.5, 0.6) is 5.75 Å². The number of methoxy groups -OCH3 is 1. The van der Waals surface area contributed by atoms with Gasteiger partial charge >= 0.3 is 0 Å². The number of hydrogen-bond donors (Lipinski definition) is 0. The summed E-state index contributed by atoms with van der Waals surface area (Å²) >= 11 is 0. The Morgan fingerprint density at radius 3 is 2.70 bits per heavy atom. The van der Waals surface area contributed by atoms with E-state index >= 15 is 0 Å². The second-order valence-electron chi connectivity index (χ2n) is 4.36. The molecule has 0 bridgehead atoms. The average Bonchev–Trinajstić information content (AvgIpc) is 2.47. The summed E-state index contributed by atoms with van der Waals surface area (Å²) in [4.78, 5) is 11.8. The van der Waals surface area contributed by atoms with Crippen LogP contribution in [0, 0.1) is 18.3 Å². The number of ether oxygens (including phenoxy) is 1. The lowest BCUT2D eigenvalue weighted by Gasteiger charge is -2.09. The third-order valence-electron chi connectivity index (χ3n) is 3.08. The zero-order valence-electron chi connectivity index (χ0n) is 11.7. The SMILES string of the molecule is CCn1nc(-c2ccc(OC)c(C)c2)cc(C#N)c1=O. The number of nitrogens with zero attached hydrogens (tertiary/aromatic N) is 3. The smallest absolute Gasteiger partial charge is 0.284 e. The first-order chi connectivity index (χ1) is 9.60. The highest BCUT2D eigenvalue weighted by molar-refractivity contribution is 5.62. The van der Waals surface area contributed by atoms with E-state index in [1.165, 1.54) is 10.7 Å². The van der Waals surface area contributed by atoms with Gasteiger partial charge in [-0.3, -0.25) is 4.79 Å². The number of benzene rings is 1. The monoisotopic (exact) mass is 269 g/mol. The predicted octanol–water partition coefficient (Wildman–Crippen LogP) is 2.12. The summed E-state index contributed by atoms with van der Waals surface area (Å²) in [7, 11) is 1.62. The van der Waals surface area contributed by atoms with Crippen LogP contribution in [0.2, 0.25) is 0 Å². The molecule has 102 valence electrons. The number of nitriles is 1. The maximum atomic E-state index is 11.8. The Kier molecular flexibility index (Phi) is 3.85. The molecule has 1 aromatic carbocycles. The number of rotatable bonds is 3. The van der Waals surface area contributed by atoms with Crippen molar-refractivity contribution in [2.24, 2.45) is 0 Å². The molecule has 1 aromatic heterocycles. The van der Waals surface area contributed by atoms with Crippen LogP contribution in [0.15, 0.2) is 29.1 Å². The van der Waals surface area contributed by atoms with Gasteiger partial charge in [0.15, 0.2) is 0 Å². The molecule has 20 heavy (non-hydrogen) atoms. The van der Waals surface area contributed by atoms with Gasteiger partial charge in [0.25, 0.3) is 5.56 Å². The van der Waals surface area contributed by atoms with Crippen LogP contribution >= 0.6 is 0 Å². The summed E-state index contributed by atoms with van der Waals surface area (Å²) in [6.45, 7) is 4.18. The van der Waals surface area contributed by atoms with Gasteiger partial charge in [0.1, 0.15) is 17.4 Å². The maximum Gasteiger partial charge on any atom is 0.284 e. The van der Waals surface area contributed by atoms with Crippen LogP contribution in [0.4, 0.5) is 0 Å². The quantitative estimate of drug-likeness (QED) is 0.856. The minimum absolute atomic E-state index is 0.102. The molecule has 0 aliphatic heterocycles. The molecule has 0 aliphatic rings. The van der Waals surface area contributed by atoms with Crippen molar-refractivity contribution in [2.45, 2.75) is 20.4 Å². The fourth-order valence-corrected chi connectivity index (χ4v) is 2.02. The van der Waals surface area contributed by atoms with E-state index < -0.39 is 0 Å². The Bertz CT molecular complexity index is 742. The predicted molar refractivity (Wildman–Crippen MR) is 75.6 cm³/mol. The third-order valence-corrected chi connectivity index (χ3v) is 3.08. The summed E-state index contributed by atoms with van der Waals surface area (Å²) in [5.74, 6) is 0.790. The van der Waals surface area contributed by atoms with Crippen molar-refractivity contribution in [2.75, 3.05) is 7.11 Å². The highest BCUT2D eigenvalue weighted by atomic mass is 16.5. The number of hydrogen-bond acceptors (Lipinski definition) is 4. The second kappa shape index (κ2) is 5.57. The first-order valence-electron chi connectivity index (χ1n) is 6.28. The molecule has 2 aromatic rings. The van der Waals surface area contributed by atoms with E-state index in [2.05, 4.69) is 5.10 Å². The second-order valence-corrected chi connectivity index (χ2v) is 4.36. The van der Waals surface area contributed by atoms with Crippen molar-refractivity contribution in [3.63, 3.8) is 0 Å². The summed E-state index contributed by atoms with van der Waals surface area (Å²) < 4.78 is 6.52. The van der Waals surface area contributed by atoms with Crippen LogP contribution in [0.1, 0.15) is 18.1 Å². The lowest BCUT2D eigenvalue weighted by atomic mass is 10.1. The van der Waals surface area contributed by atoms with Crippen LogP contribution in [-0.2, 0) is 6.54 Å². The molecule has 0 amide bonds. The molecule has 5 heteroatoms. The van der Waals surface area contributed by atoms with Crippen molar-refractivity contribution in [3.05, 3.63) is 45.7 Å². The standard InChI is InChI=1S/C15H15N3O2/c1-4-18-15(19)12(9-16)8-13(17-18)11-5-6-14(20-3)10(2)7-11/h5-8H,4H2,1-3H3. The highest BCUT2D eigenvalue weighted by Crippen LogP contribution is 2.24. The lowest BCUT2D eigenvalue weighted by molar-refractivity contribution is 0.412. The van der Waals surface area contributed by atoms with Crippen LogP contribution in [0.3, 0.4) is 0 Å². The van der Waals surface area contributed by atoms with Gasteiger partial charge in [0.05, 0.1) is 12.8 Å². The minimum Gasteiger partial charge on any atom is -0.496 e. The molecule has 0 radical (unpaired) electrons. The van der Waals surface area contributed by atoms with Gasteiger partial charge in [0, 0.05) is 12.1 Å². The molecular formula is C15H15N3O2. The average molecular weight is 269 g/mol. The van der Waals surface area contributed by atoms with E-state index in [4.69, 9.17) is 10.00 Å². The van der Waals surface area contributed by atoms with Crippen molar-refractivity contribution in [1.82, 2.24) is 9.78 Å². The molecular weight excluding hydrogens is 254 g/mol. The fraction of sp³-hybridized carbons (Fsp3) is 0.267. The molecule has 2 rings (SSSR count). The van der Waals surface area contributed by atoms with E-state index in [-0.39, 0.29) is 11.1 Å². The van der Waals surface area contributed by atoms with Crippen LogP contribution in [-0.4, -0.2) is 16.9 Å². The van der Waals surface area contributed by atoms with Gasteiger partial charge in [-0.1, -0.05) is 0 Å². The molecule has 0 spiro atoms. The van der Waals surface area contributed by atoms with Gasteiger partial charge in [-0.2, -0.15) is 10.4 Å². The summed E-state index contributed by atoms with van der Waals surface area (Å²) in [5, 5.41) is 13.3. The molecule has 0 saturated heterocycles. The molecule has 5 nitrogen and oxygen atoms in total. The summed E-state index contributed by atoms with van der Waals surface area (Å²) in [5.41, 5.74) is 2.17. The number of aryl methyl sites for hydroxylation is 2. The van der Waals surface area contributed by atoms with Crippen LogP contribution in [0.25, 0.3) is 11.3 Å². The van der Waals surface area contributed by atoms with Crippen molar-refractivity contribution in [1.29, 1.82) is 5.26 Å². The summed E-state index contributed by atoms with van der Waals surface area (Å²) in [6.07, 6.45) is 0. The minimum atomic E-state index is -0.357. The van der Waals surface area contributed by atoms with Gasteiger partial charge in [-0.25, -0.2) is 4.68 Å². The largest absolute Gasteiger partial charge is 0.496 e. The van der Waals surface area contributed by atoms with E-state index in [0.717, 1.165) is 16.9 Å². The van der Waals surface area contributed by atoms with E-state index in [0.29, 0.717) is 12.2 Å². The molecule has 0 fully saturated rings. The first-order valence-corrected chi connectivity index (χ1v) is 6.28. The Morgan fingerprint density at radius 1 is 1.40 bits per heavy atom. The van der Waals surface area contributed by atoms with Gasteiger partial charge in [0.2, 0.25) is 0 Å².